The van der Waals surface area contributed by atoms with Crippen LogP contribution in [0.15, 0.2) is 30.3 Å². The number of hydrogen-bond acceptors (Lipinski definition) is 3. The number of rotatable bonds is 3. The van der Waals surface area contributed by atoms with E-state index in [0.29, 0.717) is 12.3 Å². The van der Waals surface area contributed by atoms with Crippen LogP contribution >= 0.6 is 0 Å². The molecule has 2 rings (SSSR count). The van der Waals surface area contributed by atoms with Crippen LogP contribution in [0, 0.1) is 6.92 Å². The Labute approximate surface area is 99.6 Å². The van der Waals surface area contributed by atoms with Gasteiger partial charge >= 0.3 is 5.97 Å². The Morgan fingerprint density at radius 2 is 2.24 bits per heavy atom. The van der Waals surface area contributed by atoms with E-state index in [9.17, 15) is 4.79 Å². The molecule has 0 aliphatic heterocycles. The van der Waals surface area contributed by atoms with Gasteiger partial charge in [0.05, 0.1) is 12.3 Å². The maximum atomic E-state index is 11.5. The number of nitrogens with zero attached hydrogens (tertiary/aromatic N) is 1. The van der Waals surface area contributed by atoms with Gasteiger partial charge in [0.1, 0.15) is 5.69 Å². The molecule has 2 aromatic rings. The van der Waals surface area contributed by atoms with Crippen molar-refractivity contribution in [3.63, 3.8) is 0 Å². The molecule has 1 aromatic heterocycles. The summed E-state index contributed by atoms with van der Waals surface area (Å²) in [6, 6.07) is 9.65. The normalized spacial score (nSPS) is 10.2. The Balaban J connectivity index is 2.27. The number of ether oxygens (including phenoxy) is 1. The van der Waals surface area contributed by atoms with Crippen molar-refractivity contribution in [2.45, 2.75) is 13.8 Å². The summed E-state index contributed by atoms with van der Waals surface area (Å²) >= 11 is 0. The molecule has 1 aromatic carbocycles. The minimum atomic E-state index is -0.376. The largest absolute Gasteiger partial charge is 0.461 e. The Kier molecular flexibility index (Phi) is 3.23. The van der Waals surface area contributed by atoms with E-state index in [0.717, 1.165) is 16.8 Å². The molecule has 0 aliphatic rings. The van der Waals surface area contributed by atoms with Crippen molar-refractivity contribution < 1.29 is 9.53 Å². The topological polar surface area (TPSA) is 55.0 Å². The first kappa shape index (κ1) is 11.4. The predicted octanol–water partition coefficient (Wildman–Crippen LogP) is 2.56. The fourth-order valence-electron chi connectivity index (χ4n) is 1.59. The van der Waals surface area contributed by atoms with Gasteiger partial charge in [0.2, 0.25) is 0 Å². The summed E-state index contributed by atoms with van der Waals surface area (Å²) < 4.78 is 4.89. The first-order valence-electron chi connectivity index (χ1n) is 5.50. The van der Waals surface area contributed by atoms with Gasteiger partial charge in [-0.15, -0.1) is 0 Å². The van der Waals surface area contributed by atoms with Gasteiger partial charge in [0.25, 0.3) is 0 Å². The molecule has 0 fully saturated rings. The number of hydrogen-bond donors (Lipinski definition) is 1. The third kappa shape index (κ3) is 2.53. The average Bonchev–Trinajstić information content (AvgIpc) is 2.78. The minimum absolute atomic E-state index is 0.359. The number of aromatic nitrogens is 2. The van der Waals surface area contributed by atoms with Crippen LogP contribution in [0.5, 0.6) is 0 Å². The predicted molar refractivity (Wildman–Crippen MR) is 64.7 cm³/mol. The van der Waals surface area contributed by atoms with Gasteiger partial charge in [-0.1, -0.05) is 23.8 Å². The Hall–Kier alpha value is -2.10. The second-order valence-electron chi connectivity index (χ2n) is 3.76. The molecule has 1 N–H and O–H groups in total. The smallest absolute Gasteiger partial charge is 0.356 e. The van der Waals surface area contributed by atoms with Crippen molar-refractivity contribution in [2.75, 3.05) is 6.61 Å². The fraction of sp³-hybridized carbons (Fsp3) is 0.231. The zero-order valence-electron chi connectivity index (χ0n) is 9.86. The molecule has 4 nitrogen and oxygen atoms in total. The van der Waals surface area contributed by atoms with E-state index < -0.39 is 0 Å². The summed E-state index contributed by atoms with van der Waals surface area (Å²) in [4.78, 5) is 11.5. The molecule has 88 valence electrons. The van der Waals surface area contributed by atoms with E-state index >= 15 is 0 Å². The van der Waals surface area contributed by atoms with Crippen molar-refractivity contribution >= 4 is 5.97 Å². The molecule has 0 saturated heterocycles. The average molecular weight is 230 g/mol. The van der Waals surface area contributed by atoms with Crippen LogP contribution in [0.2, 0.25) is 0 Å². The quantitative estimate of drug-likeness (QED) is 0.824. The Morgan fingerprint density at radius 3 is 2.94 bits per heavy atom. The summed E-state index contributed by atoms with van der Waals surface area (Å²) in [5, 5.41) is 6.79. The van der Waals surface area contributed by atoms with E-state index in [2.05, 4.69) is 10.2 Å². The SMILES string of the molecule is CCOC(=O)c1cc(-c2cccc(C)c2)n[nH]1. The molecule has 0 bridgehead atoms. The number of aryl methyl sites for hydroxylation is 1. The maximum Gasteiger partial charge on any atom is 0.356 e. The standard InChI is InChI=1S/C13H14N2O2/c1-3-17-13(16)12-8-11(14-15-12)10-6-4-5-9(2)7-10/h4-8H,3H2,1-2H3,(H,14,15). The number of carbonyl (C=O) groups is 1. The molecular weight excluding hydrogens is 216 g/mol. The molecule has 0 spiro atoms. The number of aromatic amines is 1. The molecule has 4 heteroatoms. The first-order chi connectivity index (χ1) is 8.20. The van der Waals surface area contributed by atoms with E-state index in [4.69, 9.17) is 4.74 Å². The molecule has 1 heterocycles. The molecular formula is C13H14N2O2. The highest BCUT2D eigenvalue weighted by Gasteiger charge is 2.11. The fourth-order valence-corrected chi connectivity index (χ4v) is 1.59. The Morgan fingerprint density at radius 1 is 1.41 bits per heavy atom. The summed E-state index contributed by atoms with van der Waals surface area (Å²) in [5.74, 6) is -0.376. The molecule has 0 amide bonds. The highest BCUT2D eigenvalue weighted by molar-refractivity contribution is 5.88. The summed E-state index contributed by atoms with van der Waals surface area (Å²) in [7, 11) is 0. The minimum Gasteiger partial charge on any atom is -0.461 e. The van der Waals surface area contributed by atoms with Crippen molar-refractivity contribution in [1.82, 2.24) is 10.2 Å². The second kappa shape index (κ2) is 4.82. The molecule has 0 saturated carbocycles. The number of nitrogens with one attached hydrogen (secondary N) is 1. The van der Waals surface area contributed by atoms with E-state index in [1.807, 2.05) is 31.2 Å². The summed E-state index contributed by atoms with van der Waals surface area (Å²) in [6.07, 6.45) is 0. The second-order valence-corrected chi connectivity index (χ2v) is 3.76. The van der Waals surface area contributed by atoms with Crippen LogP contribution in [-0.4, -0.2) is 22.8 Å². The van der Waals surface area contributed by atoms with Gasteiger partial charge in [-0.05, 0) is 26.0 Å². The lowest BCUT2D eigenvalue weighted by molar-refractivity contribution is 0.0519. The van der Waals surface area contributed by atoms with Crippen LogP contribution in [0.4, 0.5) is 0 Å². The van der Waals surface area contributed by atoms with Crippen LogP contribution in [-0.2, 0) is 4.74 Å². The lowest BCUT2D eigenvalue weighted by Gasteiger charge is -1.97. The van der Waals surface area contributed by atoms with Crippen molar-refractivity contribution in [2.24, 2.45) is 0 Å². The third-order valence-corrected chi connectivity index (χ3v) is 2.39. The lowest BCUT2D eigenvalue weighted by atomic mass is 10.1. The summed E-state index contributed by atoms with van der Waals surface area (Å²) in [6.45, 7) is 4.15. The van der Waals surface area contributed by atoms with Crippen LogP contribution in [0.3, 0.4) is 0 Å². The number of benzene rings is 1. The van der Waals surface area contributed by atoms with Gasteiger partial charge in [0.15, 0.2) is 0 Å². The molecule has 0 aliphatic carbocycles. The highest BCUT2D eigenvalue weighted by Crippen LogP contribution is 2.18. The van der Waals surface area contributed by atoms with Crippen molar-refractivity contribution in [3.05, 3.63) is 41.6 Å². The van der Waals surface area contributed by atoms with Gasteiger partial charge in [-0.2, -0.15) is 5.10 Å². The zero-order chi connectivity index (χ0) is 12.3. The van der Waals surface area contributed by atoms with Gasteiger partial charge < -0.3 is 4.74 Å². The number of carbonyl (C=O) groups excluding carboxylic acids is 1. The Bertz CT molecular complexity index is 532. The van der Waals surface area contributed by atoms with Crippen molar-refractivity contribution in [3.8, 4) is 11.3 Å². The maximum absolute atomic E-state index is 11.5. The number of esters is 1. The van der Waals surface area contributed by atoms with Gasteiger partial charge in [0, 0.05) is 5.56 Å². The van der Waals surface area contributed by atoms with Gasteiger partial charge in [-0.3, -0.25) is 5.10 Å². The first-order valence-corrected chi connectivity index (χ1v) is 5.50. The van der Waals surface area contributed by atoms with Crippen molar-refractivity contribution in [1.29, 1.82) is 0 Å². The van der Waals surface area contributed by atoms with Crippen LogP contribution in [0.25, 0.3) is 11.3 Å². The third-order valence-electron chi connectivity index (χ3n) is 2.39. The van der Waals surface area contributed by atoms with Gasteiger partial charge in [-0.25, -0.2) is 4.79 Å². The van der Waals surface area contributed by atoms with Crippen LogP contribution < -0.4 is 0 Å². The molecule has 0 atom stereocenters. The van der Waals surface area contributed by atoms with E-state index in [1.54, 1.807) is 13.0 Å². The summed E-state index contributed by atoms with van der Waals surface area (Å²) in [5.41, 5.74) is 3.26. The molecule has 17 heavy (non-hydrogen) atoms. The molecule has 0 radical (unpaired) electrons. The lowest BCUT2D eigenvalue weighted by Crippen LogP contribution is -2.04. The highest BCUT2D eigenvalue weighted by atomic mass is 16.5. The molecule has 0 unspecified atom stereocenters. The number of H-pyrrole nitrogens is 1. The zero-order valence-corrected chi connectivity index (χ0v) is 9.86. The monoisotopic (exact) mass is 230 g/mol. The van der Waals surface area contributed by atoms with Crippen LogP contribution in [0.1, 0.15) is 23.0 Å². The van der Waals surface area contributed by atoms with E-state index in [1.165, 1.54) is 0 Å². The van der Waals surface area contributed by atoms with E-state index in [-0.39, 0.29) is 5.97 Å².